The predicted molar refractivity (Wildman–Crippen MR) is 118 cm³/mol. The number of para-hydroxylation sites is 1. The van der Waals surface area contributed by atoms with Crippen molar-refractivity contribution < 1.29 is 8.42 Å². The molecule has 1 aliphatic rings. The third-order valence-electron chi connectivity index (χ3n) is 5.74. The van der Waals surface area contributed by atoms with Crippen molar-refractivity contribution >= 4 is 20.7 Å². The summed E-state index contributed by atoms with van der Waals surface area (Å²) in [5.74, 6) is 0. The molecule has 1 aromatic heterocycles. The summed E-state index contributed by atoms with van der Waals surface area (Å²) in [4.78, 5) is 0.358. The zero-order chi connectivity index (χ0) is 20.2. The molecule has 4 heteroatoms. The standard InChI is InChI=1S/C25H21NO2S/c1-3-16-26-22-11-7-6-10-21(22)23-24(26)19-8-4-5-9-20(19)25(23)29(27,28)18-14-12-17(2)13-15-18/h3-15,25H,1,16H2,2H3. The Morgan fingerprint density at radius 3 is 2.41 bits per heavy atom. The average Bonchev–Trinajstić information content (AvgIpc) is 3.23. The minimum atomic E-state index is -3.61. The maximum absolute atomic E-state index is 13.9. The molecule has 0 bridgehead atoms. The van der Waals surface area contributed by atoms with Crippen molar-refractivity contribution in [1.29, 1.82) is 0 Å². The first-order valence-corrected chi connectivity index (χ1v) is 11.2. The molecule has 3 aromatic carbocycles. The van der Waals surface area contributed by atoms with E-state index in [-0.39, 0.29) is 0 Å². The summed E-state index contributed by atoms with van der Waals surface area (Å²) in [5, 5.41) is 0.272. The molecule has 3 nitrogen and oxygen atoms in total. The van der Waals surface area contributed by atoms with Crippen LogP contribution in [0.5, 0.6) is 0 Å². The first-order valence-electron chi connectivity index (χ1n) is 9.66. The monoisotopic (exact) mass is 399 g/mol. The van der Waals surface area contributed by atoms with Crippen LogP contribution in [0.3, 0.4) is 0 Å². The number of rotatable bonds is 4. The molecule has 0 spiro atoms. The number of fused-ring (bicyclic) bond motifs is 5. The van der Waals surface area contributed by atoms with E-state index in [0.717, 1.165) is 38.9 Å². The van der Waals surface area contributed by atoms with E-state index < -0.39 is 15.1 Å². The first-order chi connectivity index (χ1) is 14.0. The Hall–Kier alpha value is -3.11. The lowest BCUT2D eigenvalue weighted by Crippen LogP contribution is -2.13. The molecule has 0 saturated heterocycles. The van der Waals surface area contributed by atoms with Crippen molar-refractivity contribution in [3.05, 3.63) is 102 Å². The molecule has 0 aliphatic heterocycles. The van der Waals surface area contributed by atoms with Crippen molar-refractivity contribution in [2.24, 2.45) is 0 Å². The number of hydrogen-bond acceptors (Lipinski definition) is 2. The molecule has 1 aliphatic carbocycles. The Kier molecular flexibility index (Phi) is 4.00. The minimum absolute atomic E-state index is 0.358. The van der Waals surface area contributed by atoms with Gasteiger partial charge in [-0.25, -0.2) is 8.42 Å². The summed E-state index contributed by atoms with van der Waals surface area (Å²) in [5.41, 5.74) is 5.78. The number of sulfone groups is 1. The Labute approximate surface area is 170 Å². The maximum Gasteiger partial charge on any atom is 0.189 e. The zero-order valence-corrected chi connectivity index (χ0v) is 17.0. The lowest BCUT2D eigenvalue weighted by Gasteiger charge is -2.15. The highest BCUT2D eigenvalue weighted by molar-refractivity contribution is 7.92. The molecule has 5 rings (SSSR count). The fourth-order valence-corrected chi connectivity index (χ4v) is 6.36. The van der Waals surface area contributed by atoms with E-state index in [9.17, 15) is 8.42 Å². The summed E-state index contributed by atoms with van der Waals surface area (Å²) in [6.07, 6.45) is 1.86. The summed E-state index contributed by atoms with van der Waals surface area (Å²) in [7, 11) is -3.61. The Morgan fingerprint density at radius 2 is 1.66 bits per heavy atom. The van der Waals surface area contributed by atoms with Crippen molar-refractivity contribution in [3.8, 4) is 11.3 Å². The molecule has 0 amide bonds. The third kappa shape index (κ3) is 2.52. The van der Waals surface area contributed by atoms with Gasteiger partial charge in [-0.05, 0) is 30.7 Å². The molecule has 1 atom stereocenters. The van der Waals surface area contributed by atoms with Crippen molar-refractivity contribution in [1.82, 2.24) is 4.57 Å². The SMILES string of the molecule is C=CCn1c2c(c3ccccc31)C(S(=O)(=O)c1ccc(C)cc1)c1ccccc1-2. The van der Waals surface area contributed by atoms with Gasteiger partial charge >= 0.3 is 0 Å². The topological polar surface area (TPSA) is 39.1 Å². The Morgan fingerprint density at radius 1 is 0.966 bits per heavy atom. The van der Waals surface area contributed by atoms with Gasteiger partial charge in [0, 0.05) is 28.6 Å². The van der Waals surface area contributed by atoms with Gasteiger partial charge in [-0.1, -0.05) is 66.2 Å². The van der Waals surface area contributed by atoms with Gasteiger partial charge in [-0.15, -0.1) is 6.58 Å². The molecule has 29 heavy (non-hydrogen) atoms. The highest BCUT2D eigenvalue weighted by Crippen LogP contribution is 2.53. The molecule has 0 saturated carbocycles. The lowest BCUT2D eigenvalue weighted by molar-refractivity contribution is 0.590. The molecule has 144 valence electrons. The summed E-state index contributed by atoms with van der Waals surface area (Å²) in [6, 6.07) is 23.0. The van der Waals surface area contributed by atoms with Crippen LogP contribution < -0.4 is 0 Å². The molecule has 0 N–H and O–H groups in total. The van der Waals surface area contributed by atoms with Gasteiger partial charge in [0.2, 0.25) is 0 Å². The molecular formula is C25H21NO2S. The summed E-state index contributed by atoms with van der Waals surface area (Å²) in [6.45, 7) is 6.50. The molecule has 0 fully saturated rings. The largest absolute Gasteiger partial charge is 0.336 e. The van der Waals surface area contributed by atoms with Crippen LogP contribution in [0, 0.1) is 6.92 Å². The second kappa shape index (κ2) is 6.46. The molecule has 4 aromatic rings. The smallest absolute Gasteiger partial charge is 0.189 e. The van der Waals surface area contributed by atoms with E-state index in [4.69, 9.17) is 0 Å². The number of allylic oxidation sites excluding steroid dienone is 1. The highest BCUT2D eigenvalue weighted by atomic mass is 32.2. The van der Waals surface area contributed by atoms with Gasteiger partial charge in [-0.2, -0.15) is 0 Å². The van der Waals surface area contributed by atoms with E-state index >= 15 is 0 Å². The number of benzene rings is 3. The van der Waals surface area contributed by atoms with Crippen LogP contribution in [-0.4, -0.2) is 13.0 Å². The van der Waals surface area contributed by atoms with Crippen molar-refractivity contribution in [2.45, 2.75) is 23.6 Å². The minimum Gasteiger partial charge on any atom is -0.336 e. The summed E-state index contributed by atoms with van der Waals surface area (Å²) >= 11 is 0. The summed E-state index contributed by atoms with van der Waals surface area (Å²) < 4.78 is 29.9. The highest BCUT2D eigenvalue weighted by Gasteiger charge is 2.42. The van der Waals surface area contributed by atoms with Crippen LogP contribution >= 0.6 is 0 Å². The van der Waals surface area contributed by atoms with Crippen LogP contribution in [0.15, 0.2) is 90.3 Å². The molecular weight excluding hydrogens is 378 g/mol. The predicted octanol–water partition coefficient (Wildman–Crippen LogP) is 5.68. The van der Waals surface area contributed by atoms with Crippen LogP contribution in [0.4, 0.5) is 0 Å². The molecule has 1 unspecified atom stereocenters. The third-order valence-corrected chi connectivity index (χ3v) is 7.78. The Bertz CT molecular complexity index is 1360. The number of hydrogen-bond donors (Lipinski definition) is 0. The Balaban J connectivity index is 1.87. The van der Waals surface area contributed by atoms with Gasteiger partial charge < -0.3 is 4.57 Å². The second-order valence-electron chi connectivity index (χ2n) is 7.50. The normalized spacial score (nSPS) is 15.3. The number of aromatic nitrogens is 1. The fraction of sp³-hybridized carbons (Fsp3) is 0.120. The van der Waals surface area contributed by atoms with Crippen LogP contribution in [-0.2, 0) is 16.4 Å². The van der Waals surface area contributed by atoms with E-state index in [1.54, 1.807) is 12.1 Å². The number of nitrogens with zero attached hydrogens (tertiary/aromatic N) is 1. The quantitative estimate of drug-likeness (QED) is 0.414. The van der Waals surface area contributed by atoms with Crippen LogP contribution in [0.2, 0.25) is 0 Å². The van der Waals surface area contributed by atoms with Gasteiger partial charge in [0.15, 0.2) is 9.84 Å². The molecule has 1 heterocycles. The first kappa shape index (κ1) is 18.0. The van der Waals surface area contributed by atoms with Crippen LogP contribution in [0.25, 0.3) is 22.2 Å². The average molecular weight is 400 g/mol. The lowest BCUT2D eigenvalue weighted by atomic mass is 10.1. The van der Waals surface area contributed by atoms with Gasteiger partial charge in [0.05, 0.1) is 10.6 Å². The fourth-order valence-electron chi connectivity index (χ4n) is 4.49. The van der Waals surface area contributed by atoms with E-state index in [1.807, 2.05) is 67.6 Å². The van der Waals surface area contributed by atoms with E-state index in [0.29, 0.717) is 11.4 Å². The second-order valence-corrected chi connectivity index (χ2v) is 9.54. The van der Waals surface area contributed by atoms with E-state index in [1.165, 1.54) is 0 Å². The van der Waals surface area contributed by atoms with Gasteiger partial charge in [0.25, 0.3) is 0 Å². The molecule has 0 radical (unpaired) electrons. The zero-order valence-electron chi connectivity index (χ0n) is 16.2. The number of aryl methyl sites for hydroxylation is 1. The van der Waals surface area contributed by atoms with Gasteiger partial charge in [0.1, 0.15) is 5.25 Å². The maximum atomic E-state index is 13.9. The van der Waals surface area contributed by atoms with Crippen LogP contribution in [0.1, 0.15) is 21.9 Å². The van der Waals surface area contributed by atoms with Gasteiger partial charge in [-0.3, -0.25) is 0 Å². The van der Waals surface area contributed by atoms with Crippen molar-refractivity contribution in [2.75, 3.05) is 0 Å². The van der Waals surface area contributed by atoms with Crippen molar-refractivity contribution in [3.63, 3.8) is 0 Å². The van der Waals surface area contributed by atoms with E-state index in [2.05, 4.69) is 17.2 Å².